The fraction of sp³-hybridized carbons (Fsp3) is 0.0556. The Hall–Kier alpha value is -2.63. The number of carbonyl (C=O) groups is 1. The van der Waals surface area contributed by atoms with Gasteiger partial charge in [0.25, 0.3) is 5.91 Å². The lowest BCUT2D eigenvalue weighted by Crippen LogP contribution is -2.30. The summed E-state index contributed by atoms with van der Waals surface area (Å²) in [6, 6.07) is 10.2. The Morgan fingerprint density at radius 2 is 2.00 bits per heavy atom. The summed E-state index contributed by atoms with van der Waals surface area (Å²) in [6.45, 7) is 4.05. The van der Waals surface area contributed by atoms with Crippen molar-refractivity contribution in [2.24, 2.45) is 10.2 Å². The van der Waals surface area contributed by atoms with Gasteiger partial charge < -0.3 is 10.0 Å². The van der Waals surface area contributed by atoms with Crippen molar-refractivity contribution in [1.82, 2.24) is 0 Å². The molecule has 1 N–H and O–H groups in total. The van der Waals surface area contributed by atoms with Gasteiger partial charge in [0.05, 0.1) is 16.9 Å². The van der Waals surface area contributed by atoms with Gasteiger partial charge in [0.1, 0.15) is 5.75 Å². The van der Waals surface area contributed by atoms with Crippen LogP contribution in [0.3, 0.4) is 0 Å². The van der Waals surface area contributed by atoms with E-state index in [4.69, 9.17) is 23.2 Å². The Balaban J connectivity index is 1.97. The largest absolute Gasteiger partial charge is 0.506 e. The van der Waals surface area contributed by atoms with Gasteiger partial charge in [-0.2, -0.15) is 5.10 Å². The molecule has 0 bridgehead atoms. The summed E-state index contributed by atoms with van der Waals surface area (Å²) in [7, 11) is 0. The van der Waals surface area contributed by atoms with E-state index < -0.39 is 0 Å². The molecule has 3 rings (SSSR count). The maximum atomic E-state index is 12.6. The van der Waals surface area contributed by atoms with Gasteiger partial charge in [-0.1, -0.05) is 47.5 Å². The van der Waals surface area contributed by atoms with E-state index in [1.165, 1.54) is 18.3 Å². The number of rotatable bonds is 4. The van der Waals surface area contributed by atoms with Crippen molar-refractivity contribution >= 4 is 46.7 Å². The lowest BCUT2D eigenvalue weighted by Gasteiger charge is -2.13. The summed E-state index contributed by atoms with van der Waals surface area (Å²) in [5.74, 6) is -0.409. The van der Waals surface area contributed by atoms with E-state index in [9.17, 15) is 9.90 Å². The molecule has 1 amide bonds. The highest BCUT2D eigenvalue weighted by atomic mass is 35.5. The summed E-state index contributed by atoms with van der Waals surface area (Å²) in [5, 5.41) is 18.3. The summed E-state index contributed by atoms with van der Waals surface area (Å²) >= 11 is 11.8. The molecule has 1 heterocycles. The van der Waals surface area contributed by atoms with Crippen molar-refractivity contribution in [3.05, 3.63) is 70.2 Å². The van der Waals surface area contributed by atoms with Crippen LogP contribution in [0.2, 0.25) is 10.0 Å². The Labute approximate surface area is 154 Å². The highest BCUT2D eigenvalue weighted by molar-refractivity contribution is 6.54. The minimum absolute atomic E-state index is 0.112. The third kappa shape index (κ3) is 3.29. The quantitative estimate of drug-likeness (QED) is 0.498. The summed E-state index contributed by atoms with van der Waals surface area (Å²) in [6.07, 6.45) is 2.94. The number of nitrogens with zero attached hydrogens (tertiary/aromatic N) is 3. The highest BCUT2D eigenvalue weighted by Gasteiger charge is 2.32. The predicted molar refractivity (Wildman–Crippen MR) is 101 cm³/mol. The molecule has 25 heavy (non-hydrogen) atoms. The molecule has 7 heteroatoms. The zero-order chi connectivity index (χ0) is 18.0. The SMILES string of the molecule is C=CCN1C(=O)/C(=N\N=C\c2cc(Cl)cc(Cl)c2O)c2ccccc21. The molecule has 1 aliphatic heterocycles. The van der Waals surface area contributed by atoms with Gasteiger partial charge in [0.2, 0.25) is 0 Å². The predicted octanol–water partition coefficient (Wildman–Crippen LogP) is 4.05. The van der Waals surface area contributed by atoms with Crippen LogP contribution in [0.4, 0.5) is 5.69 Å². The van der Waals surface area contributed by atoms with Crippen molar-refractivity contribution in [3.8, 4) is 5.75 Å². The molecule has 0 spiro atoms. The average molecular weight is 374 g/mol. The van der Waals surface area contributed by atoms with Crippen LogP contribution in [0.5, 0.6) is 5.75 Å². The van der Waals surface area contributed by atoms with E-state index in [2.05, 4.69) is 16.8 Å². The molecule has 0 aromatic heterocycles. The average Bonchev–Trinajstić information content (AvgIpc) is 2.85. The van der Waals surface area contributed by atoms with E-state index in [-0.39, 0.29) is 22.4 Å². The van der Waals surface area contributed by atoms with E-state index in [1.54, 1.807) is 17.0 Å². The van der Waals surface area contributed by atoms with E-state index in [1.807, 2.05) is 18.2 Å². The fourth-order valence-electron chi connectivity index (χ4n) is 2.50. The highest BCUT2D eigenvalue weighted by Crippen LogP contribution is 2.31. The van der Waals surface area contributed by atoms with Crippen LogP contribution in [0.15, 0.2) is 59.3 Å². The molecule has 0 fully saturated rings. The molecule has 126 valence electrons. The Kier molecular flexibility index (Phi) is 4.88. The number of halogens is 2. The Morgan fingerprint density at radius 1 is 1.24 bits per heavy atom. The van der Waals surface area contributed by atoms with Gasteiger partial charge in [0.15, 0.2) is 5.71 Å². The van der Waals surface area contributed by atoms with E-state index >= 15 is 0 Å². The number of aromatic hydroxyl groups is 1. The van der Waals surface area contributed by atoms with Crippen LogP contribution in [0, 0.1) is 0 Å². The van der Waals surface area contributed by atoms with Gasteiger partial charge >= 0.3 is 0 Å². The minimum atomic E-state index is -0.258. The Bertz CT molecular complexity index is 923. The number of para-hydroxylation sites is 1. The second-order valence-corrected chi connectivity index (χ2v) is 6.08. The van der Waals surface area contributed by atoms with Gasteiger partial charge in [-0.25, -0.2) is 0 Å². The third-order valence-electron chi connectivity index (χ3n) is 3.62. The molecule has 0 saturated carbocycles. The number of anilines is 1. The van der Waals surface area contributed by atoms with Crippen LogP contribution in [-0.2, 0) is 4.79 Å². The first kappa shape index (κ1) is 17.2. The molecule has 1 aliphatic rings. The van der Waals surface area contributed by atoms with Crippen molar-refractivity contribution < 1.29 is 9.90 Å². The summed E-state index contributed by atoms with van der Waals surface area (Å²) in [4.78, 5) is 14.1. The molecule has 0 atom stereocenters. The molecular formula is C18H13Cl2N3O2. The smallest absolute Gasteiger partial charge is 0.279 e. The number of amides is 1. The van der Waals surface area contributed by atoms with E-state index in [0.29, 0.717) is 22.7 Å². The monoisotopic (exact) mass is 373 g/mol. The topological polar surface area (TPSA) is 65.3 Å². The molecular weight excluding hydrogens is 361 g/mol. The molecule has 2 aromatic rings. The standard InChI is InChI=1S/C18H13Cl2N3O2/c1-2-7-23-15-6-4-3-5-13(15)16(18(23)25)22-21-10-11-8-12(19)9-14(20)17(11)24/h2-6,8-10,24H,1,7H2/b21-10+,22-16-. The van der Waals surface area contributed by atoms with Crippen molar-refractivity contribution in [2.45, 2.75) is 0 Å². The first-order chi connectivity index (χ1) is 12.0. The first-order valence-corrected chi connectivity index (χ1v) is 8.09. The first-order valence-electron chi connectivity index (χ1n) is 7.34. The van der Waals surface area contributed by atoms with Gasteiger partial charge in [-0.05, 0) is 18.2 Å². The van der Waals surface area contributed by atoms with Gasteiger partial charge in [0, 0.05) is 22.7 Å². The second kappa shape index (κ2) is 7.09. The molecule has 0 unspecified atom stereocenters. The molecule has 2 aromatic carbocycles. The minimum Gasteiger partial charge on any atom is -0.506 e. The fourth-order valence-corrected chi connectivity index (χ4v) is 3.01. The normalized spacial score (nSPS) is 15.2. The van der Waals surface area contributed by atoms with Crippen LogP contribution in [0.1, 0.15) is 11.1 Å². The lowest BCUT2D eigenvalue weighted by molar-refractivity contribution is -0.112. The number of phenols is 1. The number of hydrogen-bond acceptors (Lipinski definition) is 4. The zero-order valence-corrected chi connectivity index (χ0v) is 14.5. The van der Waals surface area contributed by atoms with Crippen LogP contribution < -0.4 is 4.90 Å². The Morgan fingerprint density at radius 3 is 2.76 bits per heavy atom. The molecule has 5 nitrogen and oxygen atoms in total. The third-order valence-corrected chi connectivity index (χ3v) is 4.13. The lowest BCUT2D eigenvalue weighted by atomic mass is 10.1. The summed E-state index contributed by atoms with van der Waals surface area (Å²) < 4.78 is 0. The maximum absolute atomic E-state index is 12.6. The van der Waals surface area contributed by atoms with E-state index in [0.717, 1.165) is 5.69 Å². The van der Waals surface area contributed by atoms with Crippen LogP contribution in [0.25, 0.3) is 0 Å². The summed E-state index contributed by atoms with van der Waals surface area (Å²) in [5.41, 5.74) is 1.99. The number of hydrogen-bond donors (Lipinski definition) is 1. The maximum Gasteiger partial charge on any atom is 0.279 e. The number of benzene rings is 2. The molecule has 0 saturated heterocycles. The van der Waals surface area contributed by atoms with Gasteiger partial charge in [-0.15, -0.1) is 11.7 Å². The number of fused-ring (bicyclic) bond motifs is 1. The molecule has 0 aliphatic carbocycles. The number of carbonyl (C=O) groups excluding carboxylic acids is 1. The zero-order valence-electron chi connectivity index (χ0n) is 13.0. The van der Waals surface area contributed by atoms with Crippen LogP contribution in [-0.4, -0.2) is 29.5 Å². The van der Waals surface area contributed by atoms with Crippen molar-refractivity contribution in [1.29, 1.82) is 0 Å². The van der Waals surface area contributed by atoms with Gasteiger partial charge in [-0.3, -0.25) is 4.79 Å². The van der Waals surface area contributed by atoms with Crippen LogP contribution >= 0.6 is 23.2 Å². The molecule has 0 radical (unpaired) electrons. The number of phenolic OH excluding ortho intramolecular Hbond substituents is 1. The van der Waals surface area contributed by atoms with Crippen molar-refractivity contribution in [3.63, 3.8) is 0 Å². The second-order valence-electron chi connectivity index (χ2n) is 5.24. The van der Waals surface area contributed by atoms with Crippen molar-refractivity contribution in [2.75, 3.05) is 11.4 Å².